The van der Waals surface area contributed by atoms with Gasteiger partial charge in [0, 0.05) is 5.02 Å². The van der Waals surface area contributed by atoms with E-state index in [0.717, 1.165) is 0 Å². The summed E-state index contributed by atoms with van der Waals surface area (Å²) in [4.78, 5) is 0.0968. The van der Waals surface area contributed by atoms with Crippen LogP contribution in [-0.4, -0.2) is 16.8 Å². The van der Waals surface area contributed by atoms with Gasteiger partial charge in [-0.3, -0.25) is 4.72 Å². The van der Waals surface area contributed by atoms with E-state index in [2.05, 4.69) is 4.72 Å². The van der Waals surface area contributed by atoms with E-state index in [9.17, 15) is 16.8 Å². The molecule has 0 radical (unpaired) electrons. The topological polar surface area (TPSA) is 80.3 Å². The first-order valence-corrected chi connectivity index (χ1v) is 11.6. The Morgan fingerprint density at radius 2 is 1.46 bits per heavy atom. The molecule has 0 aliphatic rings. The minimum absolute atomic E-state index is 0.0636. The number of thiophene rings is 1. The standard InChI is InChI=1S/C16H11Cl2NO4S3/c17-11-6-7-14(13(18)10-11)19-26(22,23)16-9-8-15(24-16)25(20,21)12-4-2-1-3-5-12/h1-10,19H. The Balaban J connectivity index is 1.94. The molecule has 3 aromatic rings. The molecule has 26 heavy (non-hydrogen) atoms. The van der Waals surface area contributed by atoms with Crippen molar-refractivity contribution in [2.75, 3.05) is 4.72 Å². The molecule has 0 aliphatic heterocycles. The summed E-state index contributed by atoms with van der Waals surface area (Å²) in [6, 6.07) is 14.6. The summed E-state index contributed by atoms with van der Waals surface area (Å²) in [5, 5.41) is 0.500. The average molecular weight is 448 g/mol. The molecule has 2 aromatic carbocycles. The van der Waals surface area contributed by atoms with E-state index in [1.54, 1.807) is 18.2 Å². The first-order chi connectivity index (χ1) is 12.2. The average Bonchev–Trinajstić information content (AvgIpc) is 3.10. The van der Waals surface area contributed by atoms with Gasteiger partial charge in [0.2, 0.25) is 9.84 Å². The predicted molar refractivity (Wildman–Crippen MR) is 103 cm³/mol. The van der Waals surface area contributed by atoms with Crippen molar-refractivity contribution in [1.82, 2.24) is 0 Å². The first-order valence-electron chi connectivity index (χ1n) is 7.08. The first kappa shape index (κ1) is 19.2. The van der Waals surface area contributed by atoms with E-state index in [1.807, 2.05) is 0 Å². The number of anilines is 1. The van der Waals surface area contributed by atoms with Crippen molar-refractivity contribution < 1.29 is 16.8 Å². The summed E-state index contributed by atoms with van der Waals surface area (Å²) in [6.07, 6.45) is 0. The van der Waals surface area contributed by atoms with Crippen LogP contribution >= 0.6 is 34.5 Å². The van der Waals surface area contributed by atoms with Crippen LogP contribution < -0.4 is 4.72 Å². The van der Waals surface area contributed by atoms with E-state index in [0.29, 0.717) is 16.4 Å². The maximum absolute atomic E-state index is 12.6. The van der Waals surface area contributed by atoms with E-state index < -0.39 is 19.9 Å². The largest absolute Gasteiger partial charge is 0.277 e. The summed E-state index contributed by atoms with van der Waals surface area (Å²) >= 11 is 12.4. The number of benzene rings is 2. The van der Waals surface area contributed by atoms with Crippen molar-refractivity contribution in [2.24, 2.45) is 0 Å². The van der Waals surface area contributed by atoms with Crippen LogP contribution in [0.25, 0.3) is 0 Å². The van der Waals surface area contributed by atoms with Crippen LogP contribution in [0, 0.1) is 0 Å². The summed E-state index contributed by atoms with van der Waals surface area (Å²) < 4.78 is 52.4. The smallest absolute Gasteiger partial charge is 0.271 e. The minimum Gasteiger partial charge on any atom is -0.277 e. The van der Waals surface area contributed by atoms with Crippen molar-refractivity contribution in [3.63, 3.8) is 0 Å². The molecule has 10 heteroatoms. The number of hydrogen-bond donors (Lipinski definition) is 1. The van der Waals surface area contributed by atoms with E-state index in [-0.39, 0.29) is 24.0 Å². The molecular formula is C16H11Cl2NO4S3. The second kappa shape index (κ2) is 7.21. The number of nitrogens with one attached hydrogen (secondary N) is 1. The minimum atomic E-state index is -3.99. The van der Waals surface area contributed by atoms with Crippen LogP contribution in [0.4, 0.5) is 5.69 Å². The lowest BCUT2D eigenvalue weighted by molar-refractivity contribution is 0.597. The maximum atomic E-state index is 12.6. The molecule has 0 unspecified atom stereocenters. The Kier molecular flexibility index (Phi) is 5.32. The summed E-state index contributed by atoms with van der Waals surface area (Å²) in [5.74, 6) is 0. The third-order valence-corrected chi connectivity index (χ3v) is 9.07. The molecule has 0 aliphatic carbocycles. The molecule has 1 aromatic heterocycles. The van der Waals surface area contributed by atoms with Gasteiger partial charge in [0.05, 0.1) is 15.6 Å². The van der Waals surface area contributed by atoms with Crippen molar-refractivity contribution in [2.45, 2.75) is 13.3 Å². The van der Waals surface area contributed by atoms with Crippen molar-refractivity contribution >= 4 is 60.1 Å². The summed E-state index contributed by atoms with van der Waals surface area (Å²) in [7, 11) is -7.78. The molecule has 3 rings (SSSR count). The monoisotopic (exact) mass is 447 g/mol. The zero-order chi connectivity index (χ0) is 18.9. The number of hydrogen-bond acceptors (Lipinski definition) is 5. The molecule has 5 nitrogen and oxygen atoms in total. The van der Waals surface area contributed by atoms with Gasteiger partial charge in [-0.25, -0.2) is 16.8 Å². The van der Waals surface area contributed by atoms with Crippen molar-refractivity contribution in [3.8, 4) is 0 Å². The van der Waals surface area contributed by atoms with Crippen LogP contribution in [0.3, 0.4) is 0 Å². The van der Waals surface area contributed by atoms with Gasteiger partial charge in [-0.1, -0.05) is 41.4 Å². The Morgan fingerprint density at radius 3 is 2.12 bits per heavy atom. The molecule has 0 atom stereocenters. The zero-order valence-corrected chi connectivity index (χ0v) is 16.8. The third kappa shape index (κ3) is 3.89. The van der Waals surface area contributed by atoms with Crippen LogP contribution in [0.5, 0.6) is 0 Å². The molecular weight excluding hydrogens is 437 g/mol. The lowest BCUT2D eigenvalue weighted by Gasteiger charge is -2.08. The van der Waals surface area contributed by atoms with Crippen LogP contribution in [0.1, 0.15) is 0 Å². The molecule has 0 fully saturated rings. The van der Waals surface area contributed by atoms with Crippen LogP contribution in [-0.2, 0) is 19.9 Å². The van der Waals surface area contributed by atoms with Crippen LogP contribution in [0.15, 0.2) is 74.0 Å². The zero-order valence-electron chi connectivity index (χ0n) is 12.9. The van der Waals surface area contributed by atoms with Gasteiger partial charge < -0.3 is 0 Å². The Hall–Kier alpha value is -1.58. The van der Waals surface area contributed by atoms with E-state index in [4.69, 9.17) is 23.2 Å². The molecule has 0 saturated carbocycles. The number of halogens is 2. The molecule has 0 spiro atoms. The summed E-state index contributed by atoms with van der Waals surface area (Å²) in [5.41, 5.74) is 0.150. The highest BCUT2D eigenvalue weighted by molar-refractivity contribution is 7.96. The number of sulfone groups is 1. The maximum Gasteiger partial charge on any atom is 0.271 e. The van der Waals surface area contributed by atoms with Gasteiger partial charge in [0.15, 0.2) is 0 Å². The fraction of sp³-hybridized carbons (Fsp3) is 0. The number of sulfonamides is 1. The highest BCUT2D eigenvalue weighted by atomic mass is 35.5. The van der Waals surface area contributed by atoms with E-state index >= 15 is 0 Å². The molecule has 0 bridgehead atoms. The van der Waals surface area contributed by atoms with Gasteiger partial charge in [-0.05, 0) is 42.5 Å². The molecule has 136 valence electrons. The predicted octanol–water partition coefficient (Wildman–Crippen LogP) is 4.69. The normalized spacial score (nSPS) is 12.1. The highest BCUT2D eigenvalue weighted by Crippen LogP contribution is 2.33. The SMILES string of the molecule is O=S(=O)(Nc1ccc(Cl)cc1Cl)c1ccc(S(=O)(=O)c2ccccc2)s1. The van der Waals surface area contributed by atoms with Gasteiger partial charge in [0.25, 0.3) is 10.0 Å². The van der Waals surface area contributed by atoms with Crippen molar-refractivity contribution in [3.05, 3.63) is 70.7 Å². The van der Waals surface area contributed by atoms with Crippen molar-refractivity contribution in [1.29, 1.82) is 0 Å². The molecule has 0 amide bonds. The quantitative estimate of drug-likeness (QED) is 0.614. The molecule has 0 saturated heterocycles. The second-order valence-electron chi connectivity index (χ2n) is 5.12. The highest BCUT2D eigenvalue weighted by Gasteiger charge is 2.24. The van der Waals surface area contributed by atoms with Gasteiger partial charge >= 0.3 is 0 Å². The molecule has 1 heterocycles. The Bertz CT molecular complexity index is 1160. The second-order valence-corrected chi connectivity index (χ2v) is 11.1. The Morgan fingerprint density at radius 1 is 0.808 bits per heavy atom. The summed E-state index contributed by atoms with van der Waals surface area (Å²) in [6.45, 7) is 0. The number of rotatable bonds is 5. The van der Waals surface area contributed by atoms with Gasteiger partial charge in [-0.2, -0.15) is 0 Å². The Labute approximate surface area is 165 Å². The van der Waals surface area contributed by atoms with Gasteiger partial charge in [-0.15, -0.1) is 11.3 Å². The van der Waals surface area contributed by atoms with Crippen LogP contribution in [0.2, 0.25) is 10.0 Å². The van der Waals surface area contributed by atoms with E-state index in [1.165, 1.54) is 42.5 Å². The van der Waals surface area contributed by atoms with Gasteiger partial charge in [0.1, 0.15) is 8.42 Å². The fourth-order valence-corrected chi connectivity index (χ4v) is 6.86. The third-order valence-electron chi connectivity index (χ3n) is 3.32. The fourth-order valence-electron chi connectivity index (χ4n) is 2.08. The molecule has 1 N–H and O–H groups in total. The lowest BCUT2D eigenvalue weighted by atomic mass is 10.3. The lowest BCUT2D eigenvalue weighted by Crippen LogP contribution is -2.11.